The second kappa shape index (κ2) is 9.83. The van der Waals surface area contributed by atoms with E-state index in [1.807, 2.05) is 36.1 Å². The molecular formula is C25H27N3OS. The minimum absolute atomic E-state index is 0.209. The Bertz CT molecular complexity index is 990. The highest BCUT2D eigenvalue weighted by molar-refractivity contribution is 7.15. The van der Waals surface area contributed by atoms with E-state index in [9.17, 15) is 4.79 Å². The Morgan fingerprint density at radius 2 is 1.67 bits per heavy atom. The Kier molecular flexibility index (Phi) is 6.72. The van der Waals surface area contributed by atoms with Crippen LogP contribution in [-0.2, 0) is 11.2 Å². The number of carbonyl (C=O) groups excluding carboxylic acids is 1. The number of benzene rings is 2. The maximum atomic E-state index is 12.8. The fourth-order valence-electron chi connectivity index (χ4n) is 3.63. The summed E-state index contributed by atoms with van der Waals surface area (Å²) in [5.41, 5.74) is 3.31. The van der Waals surface area contributed by atoms with Crippen LogP contribution in [0.5, 0.6) is 0 Å². The smallest absolute Gasteiger partial charge is 0.227 e. The van der Waals surface area contributed by atoms with Crippen molar-refractivity contribution in [3.63, 3.8) is 0 Å². The van der Waals surface area contributed by atoms with Crippen LogP contribution in [0.2, 0.25) is 0 Å². The third kappa shape index (κ3) is 5.23. The Morgan fingerprint density at radius 3 is 2.37 bits per heavy atom. The van der Waals surface area contributed by atoms with Gasteiger partial charge in [0.2, 0.25) is 5.91 Å². The van der Waals surface area contributed by atoms with Crippen LogP contribution in [0.15, 0.2) is 66.7 Å². The summed E-state index contributed by atoms with van der Waals surface area (Å²) in [6, 6.07) is 20.5. The molecule has 1 aliphatic rings. The van der Waals surface area contributed by atoms with Crippen molar-refractivity contribution in [2.45, 2.75) is 13.3 Å². The van der Waals surface area contributed by atoms with Crippen LogP contribution in [0.4, 0.5) is 0 Å². The molecule has 1 fully saturated rings. The van der Waals surface area contributed by atoms with Crippen molar-refractivity contribution in [2.75, 3.05) is 32.7 Å². The fraction of sp³-hybridized carbons (Fsp3) is 0.280. The average molecular weight is 418 g/mol. The first-order valence-electron chi connectivity index (χ1n) is 10.4. The molecule has 0 aliphatic carbocycles. The molecule has 0 bridgehead atoms. The molecule has 1 aromatic heterocycles. The zero-order chi connectivity index (χ0) is 20.8. The van der Waals surface area contributed by atoms with Gasteiger partial charge >= 0.3 is 0 Å². The van der Waals surface area contributed by atoms with Crippen LogP contribution in [0.1, 0.15) is 16.1 Å². The molecule has 3 aromatic rings. The Morgan fingerprint density at radius 1 is 1.00 bits per heavy atom. The molecule has 4 rings (SSSR count). The monoisotopic (exact) mass is 417 g/mol. The van der Waals surface area contributed by atoms with Crippen molar-refractivity contribution < 1.29 is 4.79 Å². The fourth-order valence-corrected chi connectivity index (χ4v) is 4.69. The molecule has 154 valence electrons. The summed E-state index contributed by atoms with van der Waals surface area (Å²) in [5, 5.41) is 0.992. The maximum absolute atomic E-state index is 12.8. The van der Waals surface area contributed by atoms with Gasteiger partial charge in [0.15, 0.2) is 0 Å². The van der Waals surface area contributed by atoms with Crippen LogP contribution >= 0.6 is 11.3 Å². The topological polar surface area (TPSA) is 36.4 Å². The molecule has 0 unspecified atom stereocenters. The number of nitrogens with zero attached hydrogens (tertiary/aromatic N) is 3. The van der Waals surface area contributed by atoms with Crippen LogP contribution in [-0.4, -0.2) is 53.4 Å². The quantitative estimate of drug-likeness (QED) is 0.592. The predicted molar refractivity (Wildman–Crippen MR) is 124 cm³/mol. The number of amides is 1. The average Bonchev–Trinajstić information content (AvgIpc) is 3.16. The number of thiazole rings is 1. The largest absolute Gasteiger partial charge is 0.340 e. The van der Waals surface area contributed by atoms with E-state index in [0.29, 0.717) is 6.42 Å². The molecule has 0 N–H and O–H groups in total. The van der Waals surface area contributed by atoms with Gasteiger partial charge in [-0.1, -0.05) is 72.8 Å². The molecule has 0 radical (unpaired) electrons. The van der Waals surface area contributed by atoms with Gasteiger partial charge in [-0.3, -0.25) is 9.69 Å². The van der Waals surface area contributed by atoms with Crippen molar-refractivity contribution in [1.82, 2.24) is 14.8 Å². The summed E-state index contributed by atoms with van der Waals surface area (Å²) in [6.07, 6.45) is 4.82. The summed E-state index contributed by atoms with van der Waals surface area (Å²) >= 11 is 1.64. The first kappa shape index (κ1) is 20.5. The van der Waals surface area contributed by atoms with Crippen molar-refractivity contribution in [3.8, 4) is 10.6 Å². The lowest BCUT2D eigenvalue weighted by molar-refractivity contribution is -0.132. The summed E-state index contributed by atoms with van der Waals surface area (Å²) < 4.78 is 0. The second-order valence-corrected chi connectivity index (χ2v) is 8.65. The Balaban J connectivity index is 1.28. The van der Waals surface area contributed by atoms with E-state index < -0.39 is 0 Å². The minimum atomic E-state index is 0.209. The van der Waals surface area contributed by atoms with Crippen LogP contribution in [0.3, 0.4) is 0 Å². The van der Waals surface area contributed by atoms with Gasteiger partial charge in [-0.25, -0.2) is 4.98 Å². The zero-order valence-corrected chi connectivity index (χ0v) is 18.1. The SMILES string of the molecule is Cc1nc(-c2ccccc2)sc1CC(=O)N1CCN(C/C=C/c2ccccc2)CC1. The molecule has 0 saturated carbocycles. The molecular weight excluding hydrogens is 390 g/mol. The van der Waals surface area contributed by atoms with E-state index in [1.165, 1.54) is 5.56 Å². The Labute approximate surface area is 182 Å². The molecule has 0 atom stereocenters. The number of aryl methyl sites for hydroxylation is 1. The number of piperazine rings is 1. The summed E-state index contributed by atoms with van der Waals surface area (Å²) in [7, 11) is 0. The summed E-state index contributed by atoms with van der Waals surface area (Å²) in [5.74, 6) is 0.209. The molecule has 5 heteroatoms. The van der Waals surface area contributed by atoms with Gasteiger partial charge in [0.1, 0.15) is 5.01 Å². The standard InChI is InChI=1S/C25H27N3OS/c1-20-23(30-25(26-20)22-12-6-3-7-13-22)19-24(29)28-17-15-27(16-18-28)14-8-11-21-9-4-2-5-10-21/h2-13H,14-19H2,1H3/b11-8+. The molecule has 30 heavy (non-hydrogen) atoms. The third-order valence-electron chi connectivity index (χ3n) is 5.42. The van der Waals surface area contributed by atoms with E-state index in [0.717, 1.165) is 53.9 Å². The van der Waals surface area contributed by atoms with E-state index >= 15 is 0 Å². The molecule has 2 heterocycles. The number of rotatable bonds is 6. The van der Waals surface area contributed by atoms with Crippen LogP contribution in [0, 0.1) is 6.92 Å². The molecule has 1 aliphatic heterocycles. The summed E-state index contributed by atoms with van der Waals surface area (Å²) in [6.45, 7) is 6.35. The lowest BCUT2D eigenvalue weighted by atomic mass is 10.2. The first-order valence-corrected chi connectivity index (χ1v) is 11.2. The summed E-state index contributed by atoms with van der Waals surface area (Å²) in [4.78, 5) is 23.0. The lowest BCUT2D eigenvalue weighted by Crippen LogP contribution is -2.49. The number of hydrogen-bond donors (Lipinski definition) is 0. The van der Waals surface area contributed by atoms with Crippen molar-refractivity contribution in [2.24, 2.45) is 0 Å². The zero-order valence-electron chi connectivity index (χ0n) is 17.3. The number of hydrogen-bond acceptors (Lipinski definition) is 4. The van der Waals surface area contributed by atoms with Gasteiger partial charge in [-0.15, -0.1) is 11.3 Å². The van der Waals surface area contributed by atoms with E-state index in [4.69, 9.17) is 0 Å². The van der Waals surface area contributed by atoms with Gasteiger partial charge in [0.05, 0.1) is 12.1 Å². The molecule has 1 amide bonds. The number of aromatic nitrogens is 1. The van der Waals surface area contributed by atoms with E-state index in [-0.39, 0.29) is 5.91 Å². The third-order valence-corrected chi connectivity index (χ3v) is 6.63. The molecule has 0 spiro atoms. The predicted octanol–water partition coefficient (Wildman–Crippen LogP) is 4.52. The van der Waals surface area contributed by atoms with Gasteiger partial charge in [-0.05, 0) is 12.5 Å². The highest BCUT2D eigenvalue weighted by atomic mass is 32.1. The van der Waals surface area contributed by atoms with E-state index in [1.54, 1.807) is 11.3 Å². The first-order chi connectivity index (χ1) is 14.7. The highest BCUT2D eigenvalue weighted by Gasteiger charge is 2.22. The minimum Gasteiger partial charge on any atom is -0.340 e. The van der Waals surface area contributed by atoms with Gasteiger partial charge in [-0.2, -0.15) is 0 Å². The van der Waals surface area contributed by atoms with Gasteiger partial charge < -0.3 is 4.90 Å². The van der Waals surface area contributed by atoms with Crippen molar-refractivity contribution >= 4 is 23.3 Å². The molecule has 4 nitrogen and oxygen atoms in total. The highest BCUT2D eigenvalue weighted by Crippen LogP contribution is 2.28. The van der Waals surface area contributed by atoms with E-state index in [2.05, 4.69) is 58.4 Å². The lowest BCUT2D eigenvalue weighted by Gasteiger charge is -2.34. The second-order valence-electron chi connectivity index (χ2n) is 7.56. The van der Waals surface area contributed by atoms with Crippen molar-refractivity contribution in [1.29, 1.82) is 0 Å². The van der Waals surface area contributed by atoms with Crippen LogP contribution in [0.25, 0.3) is 16.6 Å². The molecule has 1 saturated heterocycles. The molecule has 2 aromatic carbocycles. The maximum Gasteiger partial charge on any atom is 0.227 e. The van der Waals surface area contributed by atoms with Gasteiger partial charge in [0, 0.05) is 43.2 Å². The normalized spacial score (nSPS) is 15.0. The number of carbonyl (C=O) groups is 1. The Hall–Kier alpha value is -2.76. The van der Waals surface area contributed by atoms with Crippen LogP contribution < -0.4 is 0 Å². The van der Waals surface area contributed by atoms with Crippen molar-refractivity contribution in [3.05, 3.63) is 82.9 Å². The van der Waals surface area contributed by atoms with Gasteiger partial charge in [0.25, 0.3) is 0 Å².